The summed E-state index contributed by atoms with van der Waals surface area (Å²) >= 11 is 0. The Morgan fingerprint density at radius 1 is 0.846 bits per heavy atom. The zero-order valence-corrected chi connectivity index (χ0v) is 17.3. The lowest BCUT2D eigenvalue weighted by molar-refractivity contribution is -0.0656. The first kappa shape index (κ1) is 18.0. The number of fused-ring (bicyclic) bond motifs is 3. The largest absolute Gasteiger partial charge is 0.404 e. The average molecular weight is 366 g/mol. The maximum atomic E-state index is 7.20. The van der Waals surface area contributed by atoms with Crippen molar-refractivity contribution in [2.75, 3.05) is 19.6 Å². The molecule has 1 atom stereocenters. The van der Waals surface area contributed by atoms with Crippen LogP contribution in [0.3, 0.4) is 0 Å². The number of hydrogen-bond donors (Lipinski definition) is 0. The van der Waals surface area contributed by atoms with Crippen LogP contribution in [0.2, 0.25) is 19.6 Å². The third-order valence-corrected chi connectivity index (χ3v) is 6.99. The second-order valence-corrected chi connectivity index (χ2v) is 13.4. The summed E-state index contributed by atoms with van der Waals surface area (Å²) in [4.78, 5) is 2.65. The SMILES string of the molecule is C[Si](C)(C)OC(c1ccccc1)(c1ccccc1)C1CN2CCC1CC2. The molecule has 3 heterocycles. The van der Waals surface area contributed by atoms with Crippen LogP contribution < -0.4 is 0 Å². The van der Waals surface area contributed by atoms with Crippen molar-refractivity contribution in [1.82, 2.24) is 4.90 Å². The van der Waals surface area contributed by atoms with Crippen molar-refractivity contribution in [1.29, 1.82) is 0 Å². The molecule has 5 rings (SSSR count). The van der Waals surface area contributed by atoms with E-state index >= 15 is 0 Å². The number of nitrogens with zero attached hydrogens (tertiary/aromatic N) is 1. The predicted molar refractivity (Wildman–Crippen MR) is 111 cm³/mol. The minimum Gasteiger partial charge on any atom is -0.404 e. The summed E-state index contributed by atoms with van der Waals surface area (Å²) < 4.78 is 7.20. The van der Waals surface area contributed by atoms with E-state index < -0.39 is 8.32 Å². The first-order valence-corrected chi connectivity index (χ1v) is 13.4. The lowest BCUT2D eigenvalue weighted by atomic mass is 9.65. The molecule has 3 aliphatic rings. The Bertz CT molecular complexity index is 677. The van der Waals surface area contributed by atoms with Crippen molar-refractivity contribution in [2.24, 2.45) is 11.8 Å². The molecular weight excluding hydrogens is 334 g/mol. The highest BCUT2D eigenvalue weighted by Crippen LogP contribution is 2.50. The molecule has 1 unspecified atom stereocenters. The minimum absolute atomic E-state index is 0.337. The van der Waals surface area contributed by atoms with Crippen molar-refractivity contribution in [3.8, 4) is 0 Å². The van der Waals surface area contributed by atoms with Gasteiger partial charge in [-0.1, -0.05) is 60.7 Å². The molecule has 0 saturated carbocycles. The second kappa shape index (κ2) is 6.95. The Balaban J connectivity index is 1.91. The number of rotatable bonds is 5. The molecule has 2 aromatic carbocycles. The van der Waals surface area contributed by atoms with E-state index in [1.54, 1.807) is 0 Å². The highest BCUT2D eigenvalue weighted by atomic mass is 28.4. The van der Waals surface area contributed by atoms with Gasteiger partial charge in [0.25, 0.3) is 0 Å². The van der Waals surface area contributed by atoms with Gasteiger partial charge < -0.3 is 9.33 Å². The van der Waals surface area contributed by atoms with Crippen LogP contribution in [0.5, 0.6) is 0 Å². The fourth-order valence-corrected chi connectivity index (χ4v) is 6.42. The van der Waals surface area contributed by atoms with E-state index in [-0.39, 0.29) is 5.60 Å². The third kappa shape index (κ3) is 3.28. The molecule has 2 bridgehead atoms. The van der Waals surface area contributed by atoms with Crippen LogP contribution in [0.15, 0.2) is 60.7 Å². The summed E-state index contributed by atoms with van der Waals surface area (Å²) in [5.41, 5.74) is 2.32. The van der Waals surface area contributed by atoms with Gasteiger partial charge in [-0.25, -0.2) is 0 Å². The van der Waals surface area contributed by atoms with Gasteiger partial charge in [0.05, 0.1) is 0 Å². The van der Waals surface area contributed by atoms with Crippen LogP contribution in [0, 0.1) is 11.8 Å². The molecule has 3 saturated heterocycles. The molecule has 0 aromatic heterocycles. The van der Waals surface area contributed by atoms with Crippen molar-refractivity contribution >= 4 is 8.32 Å². The zero-order chi connectivity index (χ0) is 18.2. The summed E-state index contributed by atoms with van der Waals surface area (Å²) in [5, 5.41) is 0. The Morgan fingerprint density at radius 3 is 1.73 bits per heavy atom. The molecule has 3 aliphatic heterocycles. The van der Waals surface area contributed by atoms with Gasteiger partial charge in [-0.2, -0.15) is 0 Å². The van der Waals surface area contributed by atoms with Gasteiger partial charge in [-0.3, -0.25) is 0 Å². The number of piperidine rings is 3. The Morgan fingerprint density at radius 2 is 1.35 bits per heavy atom. The molecule has 26 heavy (non-hydrogen) atoms. The van der Waals surface area contributed by atoms with Gasteiger partial charge in [0.1, 0.15) is 5.60 Å². The molecule has 0 amide bonds. The van der Waals surface area contributed by atoms with Gasteiger partial charge in [-0.15, -0.1) is 0 Å². The van der Waals surface area contributed by atoms with E-state index in [4.69, 9.17) is 4.43 Å². The van der Waals surface area contributed by atoms with Gasteiger partial charge in [0.2, 0.25) is 0 Å². The molecule has 0 N–H and O–H groups in total. The highest BCUT2D eigenvalue weighted by Gasteiger charge is 2.51. The third-order valence-electron chi connectivity index (χ3n) is 6.05. The maximum absolute atomic E-state index is 7.20. The lowest BCUT2D eigenvalue weighted by Gasteiger charge is -2.55. The summed E-state index contributed by atoms with van der Waals surface area (Å²) in [6.45, 7) is 10.7. The molecule has 3 fully saturated rings. The van der Waals surface area contributed by atoms with Gasteiger partial charge in [0, 0.05) is 12.5 Å². The first-order chi connectivity index (χ1) is 12.5. The van der Waals surface area contributed by atoms with Crippen LogP contribution in [0.1, 0.15) is 24.0 Å². The molecule has 0 aliphatic carbocycles. The predicted octanol–water partition coefficient (Wildman–Crippen LogP) is 5.12. The van der Waals surface area contributed by atoms with E-state index in [0.717, 1.165) is 12.5 Å². The zero-order valence-electron chi connectivity index (χ0n) is 16.3. The average Bonchev–Trinajstić information content (AvgIpc) is 2.68. The molecule has 3 heteroatoms. The van der Waals surface area contributed by atoms with Gasteiger partial charge in [0.15, 0.2) is 8.32 Å². The molecule has 0 radical (unpaired) electrons. The fraction of sp³-hybridized carbons (Fsp3) is 0.478. The monoisotopic (exact) mass is 365 g/mol. The van der Waals surface area contributed by atoms with Crippen LogP contribution in [-0.4, -0.2) is 32.9 Å². The molecule has 2 nitrogen and oxygen atoms in total. The molecule has 0 spiro atoms. The maximum Gasteiger partial charge on any atom is 0.185 e. The quantitative estimate of drug-likeness (QED) is 0.682. The summed E-state index contributed by atoms with van der Waals surface area (Å²) in [6.07, 6.45) is 2.61. The Hall–Kier alpha value is -1.42. The van der Waals surface area contributed by atoms with E-state index in [1.807, 2.05) is 0 Å². The summed E-state index contributed by atoms with van der Waals surface area (Å²) in [6, 6.07) is 22.0. The smallest absolute Gasteiger partial charge is 0.185 e. The first-order valence-electron chi connectivity index (χ1n) is 10.0. The molecule has 2 aromatic rings. The lowest BCUT2D eigenvalue weighted by Crippen LogP contribution is -2.58. The number of benzene rings is 2. The van der Waals surface area contributed by atoms with Crippen molar-refractivity contribution in [2.45, 2.75) is 38.1 Å². The number of hydrogen-bond acceptors (Lipinski definition) is 2. The van der Waals surface area contributed by atoms with E-state index in [1.165, 1.54) is 37.1 Å². The van der Waals surface area contributed by atoms with E-state index in [9.17, 15) is 0 Å². The van der Waals surface area contributed by atoms with Crippen molar-refractivity contribution < 1.29 is 4.43 Å². The van der Waals surface area contributed by atoms with Crippen LogP contribution >= 0.6 is 0 Å². The van der Waals surface area contributed by atoms with E-state index in [0.29, 0.717) is 5.92 Å². The van der Waals surface area contributed by atoms with Crippen LogP contribution in [0.4, 0.5) is 0 Å². The fourth-order valence-electron chi connectivity index (χ4n) is 5.07. The Kier molecular flexibility index (Phi) is 4.80. The second-order valence-electron chi connectivity index (χ2n) is 8.93. The van der Waals surface area contributed by atoms with Crippen molar-refractivity contribution in [3.63, 3.8) is 0 Å². The normalized spacial score (nSPS) is 26.0. The Labute approximate surface area is 159 Å². The summed E-state index contributed by atoms with van der Waals surface area (Å²) in [5.74, 6) is 1.26. The van der Waals surface area contributed by atoms with Crippen LogP contribution in [-0.2, 0) is 10.0 Å². The molecule has 138 valence electrons. The molecular formula is C23H31NOSi. The summed E-state index contributed by atoms with van der Waals surface area (Å²) in [7, 11) is -1.79. The minimum atomic E-state index is -1.79. The van der Waals surface area contributed by atoms with Gasteiger partial charge >= 0.3 is 0 Å². The highest BCUT2D eigenvalue weighted by molar-refractivity contribution is 6.69. The topological polar surface area (TPSA) is 12.5 Å². The van der Waals surface area contributed by atoms with E-state index in [2.05, 4.69) is 85.2 Å². The van der Waals surface area contributed by atoms with Gasteiger partial charge in [-0.05, 0) is 62.6 Å². The standard InChI is InChI=1S/C23H31NOSi/c1-26(2,3)25-23(20-10-6-4-7-11-20,21-12-8-5-9-13-21)22-18-24-16-14-19(22)15-17-24/h4-13,19,22H,14-18H2,1-3H3. The van der Waals surface area contributed by atoms with Crippen molar-refractivity contribution in [3.05, 3.63) is 71.8 Å². The van der Waals surface area contributed by atoms with Crippen LogP contribution in [0.25, 0.3) is 0 Å².